The van der Waals surface area contributed by atoms with E-state index in [1.165, 1.54) is 11.3 Å². The van der Waals surface area contributed by atoms with Gasteiger partial charge in [0.25, 0.3) is 0 Å². The van der Waals surface area contributed by atoms with E-state index in [1.54, 1.807) is 24.6 Å². The van der Waals surface area contributed by atoms with Crippen LogP contribution in [-0.4, -0.2) is 52.8 Å². The van der Waals surface area contributed by atoms with E-state index >= 15 is 0 Å². The molecule has 136 valence electrons. The van der Waals surface area contributed by atoms with Gasteiger partial charge in [-0.25, -0.2) is 13.1 Å². The van der Waals surface area contributed by atoms with Gasteiger partial charge in [-0.3, -0.25) is 4.99 Å². The molecule has 0 aromatic carbocycles. The second-order valence-electron chi connectivity index (χ2n) is 5.69. The van der Waals surface area contributed by atoms with Crippen LogP contribution in [0.15, 0.2) is 26.7 Å². The summed E-state index contributed by atoms with van der Waals surface area (Å²) in [5.74, 6) is 0.682. The van der Waals surface area contributed by atoms with E-state index in [0.717, 1.165) is 19.3 Å². The number of aliphatic imine (C=N–C) groups is 1. The molecule has 3 atom stereocenters. The van der Waals surface area contributed by atoms with Crippen molar-refractivity contribution >= 4 is 51.3 Å². The Morgan fingerprint density at radius 2 is 2.25 bits per heavy atom. The van der Waals surface area contributed by atoms with Crippen molar-refractivity contribution in [3.8, 4) is 0 Å². The number of halogens is 1. The fourth-order valence-electron chi connectivity index (χ4n) is 3.01. The molecule has 24 heavy (non-hydrogen) atoms. The molecule has 3 unspecified atom stereocenters. The second kappa shape index (κ2) is 8.79. The van der Waals surface area contributed by atoms with Crippen LogP contribution in [0.25, 0.3) is 0 Å². The van der Waals surface area contributed by atoms with E-state index in [9.17, 15) is 8.42 Å². The Morgan fingerprint density at radius 1 is 1.42 bits per heavy atom. The van der Waals surface area contributed by atoms with Crippen LogP contribution >= 0.6 is 35.3 Å². The molecule has 2 saturated heterocycles. The lowest BCUT2D eigenvalue weighted by Crippen LogP contribution is -2.48. The van der Waals surface area contributed by atoms with Crippen molar-refractivity contribution in [3.05, 3.63) is 17.5 Å². The monoisotopic (exact) mass is 486 g/mol. The summed E-state index contributed by atoms with van der Waals surface area (Å²) in [7, 11) is -1.70. The molecule has 0 spiro atoms. The van der Waals surface area contributed by atoms with Crippen LogP contribution in [-0.2, 0) is 14.8 Å². The van der Waals surface area contributed by atoms with Crippen LogP contribution in [0, 0.1) is 0 Å². The molecular formula is C14H23IN4O3S2. The first-order valence-electron chi connectivity index (χ1n) is 7.74. The van der Waals surface area contributed by atoms with Gasteiger partial charge < -0.3 is 15.4 Å². The summed E-state index contributed by atoms with van der Waals surface area (Å²) in [6.07, 6.45) is 3.92. The summed E-state index contributed by atoms with van der Waals surface area (Å²) in [5, 5.41) is 8.24. The highest BCUT2D eigenvalue weighted by Gasteiger charge is 2.41. The van der Waals surface area contributed by atoms with Crippen LogP contribution < -0.4 is 15.4 Å². The molecular weight excluding hydrogens is 463 g/mol. The number of nitrogens with one attached hydrogen (secondary N) is 3. The van der Waals surface area contributed by atoms with Gasteiger partial charge in [0.05, 0.1) is 18.2 Å². The molecule has 3 heterocycles. The van der Waals surface area contributed by atoms with E-state index < -0.39 is 10.0 Å². The number of hydrogen-bond donors (Lipinski definition) is 3. The highest BCUT2D eigenvalue weighted by atomic mass is 127. The Balaban J connectivity index is 0.00000208. The van der Waals surface area contributed by atoms with E-state index in [2.05, 4.69) is 20.3 Å². The first-order valence-corrected chi connectivity index (χ1v) is 10.1. The molecule has 0 saturated carbocycles. The minimum absolute atomic E-state index is 0. The highest BCUT2D eigenvalue weighted by Crippen LogP contribution is 2.34. The van der Waals surface area contributed by atoms with Crippen molar-refractivity contribution in [2.24, 2.45) is 4.99 Å². The predicted molar refractivity (Wildman–Crippen MR) is 106 cm³/mol. The zero-order valence-electron chi connectivity index (χ0n) is 13.4. The Kier molecular flexibility index (Phi) is 7.28. The van der Waals surface area contributed by atoms with Crippen LogP contribution in [0.2, 0.25) is 0 Å². The first-order chi connectivity index (χ1) is 11.1. The largest absolute Gasteiger partial charge is 0.373 e. The maximum atomic E-state index is 12.0. The minimum atomic E-state index is -3.40. The number of thiophene rings is 1. The number of guanidine groups is 1. The number of nitrogens with zero attached hydrogens (tertiary/aromatic N) is 1. The summed E-state index contributed by atoms with van der Waals surface area (Å²) in [4.78, 5) is 4.18. The number of fused-ring (bicyclic) bond motifs is 2. The maximum absolute atomic E-state index is 12.0. The van der Waals surface area contributed by atoms with Gasteiger partial charge in [0.15, 0.2) is 5.96 Å². The van der Waals surface area contributed by atoms with Crippen molar-refractivity contribution in [1.82, 2.24) is 15.4 Å². The zero-order valence-corrected chi connectivity index (χ0v) is 17.4. The molecule has 1 aromatic heterocycles. The van der Waals surface area contributed by atoms with Gasteiger partial charge in [-0.2, -0.15) is 0 Å². The first kappa shape index (κ1) is 19.9. The molecule has 3 rings (SSSR count). The minimum Gasteiger partial charge on any atom is -0.373 e. The van der Waals surface area contributed by atoms with Crippen molar-refractivity contribution in [3.63, 3.8) is 0 Å². The van der Waals surface area contributed by atoms with Gasteiger partial charge in [0.2, 0.25) is 10.0 Å². The summed E-state index contributed by atoms with van der Waals surface area (Å²) < 4.78 is 32.7. The summed E-state index contributed by atoms with van der Waals surface area (Å²) in [6, 6.07) is 3.61. The Labute approximate surface area is 163 Å². The molecule has 2 fully saturated rings. The Bertz CT molecular complexity index is 651. The van der Waals surface area contributed by atoms with Gasteiger partial charge in [-0.05, 0) is 30.7 Å². The van der Waals surface area contributed by atoms with Crippen molar-refractivity contribution < 1.29 is 13.2 Å². The SMILES string of the molecule is CN=C(NCCNS(=O)(=O)c1cccs1)NC1CC2CCC1O2.I. The van der Waals surface area contributed by atoms with Gasteiger partial charge in [-0.1, -0.05) is 6.07 Å². The zero-order chi connectivity index (χ0) is 16.3. The molecule has 0 aliphatic carbocycles. The Morgan fingerprint density at radius 3 is 2.83 bits per heavy atom. The lowest BCUT2D eigenvalue weighted by Gasteiger charge is -2.22. The summed E-state index contributed by atoms with van der Waals surface area (Å²) in [6.45, 7) is 0.764. The third-order valence-corrected chi connectivity index (χ3v) is 6.98. The molecule has 0 radical (unpaired) electrons. The van der Waals surface area contributed by atoms with Gasteiger partial charge in [0, 0.05) is 20.1 Å². The Hall–Kier alpha value is -0.430. The second-order valence-corrected chi connectivity index (χ2v) is 8.63. The van der Waals surface area contributed by atoms with Crippen LogP contribution in [0.5, 0.6) is 0 Å². The van der Waals surface area contributed by atoms with Crippen molar-refractivity contribution in [2.75, 3.05) is 20.1 Å². The topological polar surface area (TPSA) is 91.8 Å². The average Bonchev–Trinajstić information content (AvgIpc) is 3.27. The lowest BCUT2D eigenvalue weighted by atomic mass is 9.96. The standard InChI is InChI=1S/C14H22N4O3S2.HI/c1-15-14(18-11-9-10-4-5-12(11)21-10)16-6-7-17-23(19,20)13-3-2-8-22-13;/h2-3,8,10-12,17H,4-7,9H2,1H3,(H2,15,16,18);1H. The molecule has 2 aliphatic rings. The number of sulfonamides is 1. The fraction of sp³-hybridized carbons (Fsp3) is 0.643. The normalized spacial score (nSPS) is 26.2. The lowest BCUT2D eigenvalue weighted by molar-refractivity contribution is 0.0992. The molecule has 0 amide bonds. The third kappa shape index (κ3) is 4.81. The van der Waals surface area contributed by atoms with Gasteiger partial charge >= 0.3 is 0 Å². The predicted octanol–water partition coefficient (Wildman–Crippen LogP) is 1.13. The molecule has 1 aromatic rings. The van der Waals surface area contributed by atoms with E-state index in [1.807, 2.05) is 0 Å². The number of ether oxygens (including phenoxy) is 1. The summed E-state index contributed by atoms with van der Waals surface area (Å²) in [5.41, 5.74) is 0. The number of hydrogen-bond acceptors (Lipinski definition) is 5. The summed E-state index contributed by atoms with van der Waals surface area (Å²) >= 11 is 1.21. The van der Waals surface area contributed by atoms with E-state index in [4.69, 9.17) is 4.74 Å². The average molecular weight is 486 g/mol. The third-order valence-electron chi connectivity index (χ3n) is 4.12. The quantitative estimate of drug-likeness (QED) is 0.243. The van der Waals surface area contributed by atoms with Crippen molar-refractivity contribution in [2.45, 2.75) is 41.7 Å². The van der Waals surface area contributed by atoms with Crippen LogP contribution in [0.4, 0.5) is 0 Å². The van der Waals surface area contributed by atoms with Gasteiger partial charge in [-0.15, -0.1) is 35.3 Å². The fourth-order valence-corrected chi connectivity index (χ4v) is 5.08. The number of rotatable bonds is 6. The molecule has 10 heteroatoms. The van der Waals surface area contributed by atoms with Crippen LogP contribution in [0.3, 0.4) is 0 Å². The molecule has 3 N–H and O–H groups in total. The molecule has 2 aliphatic heterocycles. The maximum Gasteiger partial charge on any atom is 0.250 e. The molecule has 7 nitrogen and oxygen atoms in total. The van der Waals surface area contributed by atoms with E-state index in [-0.39, 0.29) is 30.1 Å². The van der Waals surface area contributed by atoms with Crippen molar-refractivity contribution in [1.29, 1.82) is 0 Å². The smallest absolute Gasteiger partial charge is 0.250 e. The van der Waals surface area contributed by atoms with Gasteiger partial charge in [0.1, 0.15) is 4.21 Å². The highest BCUT2D eigenvalue weighted by molar-refractivity contribution is 14.0. The molecule has 2 bridgehead atoms. The van der Waals surface area contributed by atoms with Crippen LogP contribution in [0.1, 0.15) is 19.3 Å². The van der Waals surface area contributed by atoms with E-state index in [0.29, 0.717) is 35.4 Å².